The number of nitrogens with one attached hydrogen (secondary N) is 1. The number of aromatic nitrogens is 2. The maximum Gasteiger partial charge on any atom is 0.258 e. The molecule has 0 aliphatic carbocycles. The predicted molar refractivity (Wildman–Crippen MR) is 70.0 cm³/mol. The van der Waals surface area contributed by atoms with Gasteiger partial charge in [0.05, 0.1) is 11.8 Å². The predicted octanol–water partition coefficient (Wildman–Crippen LogP) is 2.45. The Morgan fingerprint density at radius 3 is 3.00 bits per heavy atom. The van der Waals surface area contributed by atoms with Crippen LogP contribution in [0, 0.1) is 17.1 Å². The van der Waals surface area contributed by atoms with Gasteiger partial charge in [-0.15, -0.1) is 0 Å². The van der Waals surface area contributed by atoms with Gasteiger partial charge in [-0.2, -0.15) is 10.4 Å². The fourth-order valence-corrected chi connectivity index (χ4v) is 1.94. The van der Waals surface area contributed by atoms with Crippen LogP contribution < -0.4 is 5.32 Å². The van der Waals surface area contributed by atoms with Gasteiger partial charge in [0.25, 0.3) is 5.91 Å². The first kappa shape index (κ1) is 13.2. The van der Waals surface area contributed by atoms with Crippen LogP contribution >= 0.6 is 15.9 Å². The minimum absolute atomic E-state index is 0.144. The molecule has 1 aromatic carbocycles. The number of carbonyl (C=O) groups excluding carboxylic acids is 1. The molecule has 2 rings (SSSR count). The number of nitrogens with zero attached hydrogens (tertiary/aromatic N) is 3. The third-order valence-electron chi connectivity index (χ3n) is 2.46. The topological polar surface area (TPSA) is 70.7 Å². The third kappa shape index (κ3) is 2.63. The molecule has 0 aliphatic heterocycles. The monoisotopic (exact) mass is 322 g/mol. The summed E-state index contributed by atoms with van der Waals surface area (Å²) in [7, 11) is 1.59. The van der Waals surface area contributed by atoms with Crippen LogP contribution in [-0.4, -0.2) is 15.7 Å². The Bertz CT molecular complexity index is 690. The van der Waals surface area contributed by atoms with Crippen molar-refractivity contribution in [2.45, 2.75) is 0 Å². The van der Waals surface area contributed by atoms with E-state index in [-0.39, 0.29) is 16.9 Å². The van der Waals surface area contributed by atoms with Gasteiger partial charge in [-0.05, 0) is 34.1 Å². The van der Waals surface area contributed by atoms with E-state index in [4.69, 9.17) is 5.26 Å². The Labute approximate surface area is 116 Å². The summed E-state index contributed by atoms with van der Waals surface area (Å²) >= 11 is 3.17. The van der Waals surface area contributed by atoms with Gasteiger partial charge in [-0.3, -0.25) is 9.48 Å². The van der Waals surface area contributed by atoms with E-state index in [2.05, 4.69) is 26.3 Å². The van der Waals surface area contributed by atoms with Crippen LogP contribution in [0.2, 0.25) is 0 Å². The Morgan fingerprint density at radius 2 is 2.32 bits per heavy atom. The SMILES string of the molecule is Cn1ncc(C#N)c1NC(=O)c1cc(F)ccc1Br. The van der Waals surface area contributed by atoms with Gasteiger partial charge in [0.2, 0.25) is 0 Å². The molecule has 0 unspecified atom stereocenters. The number of anilines is 1. The molecule has 19 heavy (non-hydrogen) atoms. The van der Waals surface area contributed by atoms with Gasteiger partial charge in [0.1, 0.15) is 23.3 Å². The molecule has 5 nitrogen and oxygen atoms in total. The molecule has 0 bridgehead atoms. The maximum absolute atomic E-state index is 13.1. The van der Waals surface area contributed by atoms with Crippen molar-refractivity contribution in [3.63, 3.8) is 0 Å². The number of halogens is 2. The van der Waals surface area contributed by atoms with Crippen molar-refractivity contribution in [2.75, 3.05) is 5.32 Å². The zero-order valence-electron chi connectivity index (χ0n) is 9.82. The van der Waals surface area contributed by atoms with Crippen LogP contribution in [0.4, 0.5) is 10.2 Å². The number of rotatable bonds is 2. The van der Waals surface area contributed by atoms with Gasteiger partial charge in [0.15, 0.2) is 0 Å². The Kier molecular flexibility index (Phi) is 3.62. The highest BCUT2D eigenvalue weighted by Gasteiger charge is 2.15. The molecule has 1 aromatic heterocycles. The second-order valence-electron chi connectivity index (χ2n) is 3.72. The van der Waals surface area contributed by atoms with Crippen LogP contribution in [-0.2, 0) is 7.05 Å². The first-order valence-electron chi connectivity index (χ1n) is 5.21. The summed E-state index contributed by atoms with van der Waals surface area (Å²) < 4.78 is 15.0. The summed E-state index contributed by atoms with van der Waals surface area (Å²) in [6, 6.07) is 5.71. The minimum atomic E-state index is -0.522. The normalized spacial score (nSPS) is 10.0. The molecule has 96 valence electrons. The highest BCUT2D eigenvalue weighted by atomic mass is 79.9. The zero-order chi connectivity index (χ0) is 14.0. The molecule has 0 spiro atoms. The van der Waals surface area contributed by atoms with Crippen molar-refractivity contribution < 1.29 is 9.18 Å². The molecular formula is C12H8BrFN4O. The molecule has 0 atom stereocenters. The molecule has 1 amide bonds. The average Bonchev–Trinajstić information content (AvgIpc) is 2.73. The van der Waals surface area contributed by atoms with Crippen molar-refractivity contribution in [2.24, 2.45) is 7.05 Å². The van der Waals surface area contributed by atoms with Gasteiger partial charge >= 0.3 is 0 Å². The number of carbonyl (C=O) groups is 1. The number of benzene rings is 1. The van der Waals surface area contributed by atoms with Crippen LogP contribution in [0.15, 0.2) is 28.9 Å². The Balaban J connectivity index is 2.34. The smallest absolute Gasteiger partial charge is 0.258 e. The lowest BCUT2D eigenvalue weighted by Gasteiger charge is -2.07. The molecule has 0 aliphatic rings. The molecule has 2 aromatic rings. The summed E-state index contributed by atoms with van der Waals surface area (Å²) in [5, 5.41) is 15.3. The van der Waals surface area contributed by atoms with Crippen molar-refractivity contribution in [1.82, 2.24) is 9.78 Å². The second kappa shape index (κ2) is 5.20. The summed E-state index contributed by atoms with van der Waals surface area (Å²) in [6.45, 7) is 0. The number of hydrogen-bond acceptors (Lipinski definition) is 3. The molecule has 7 heteroatoms. The van der Waals surface area contributed by atoms with Gasteiger partial charge in [-0.25, -0.2) is 4.39 Å². The van der Waals surface area contributed by atoms with Gasteiger partial charge in [-0.1, -0.05) is 0 Å². The molecular weight excluding hydrogens is 315 g/mol. The third-order valence-corrected chi connectivity index (χ3v) is 3.16. The Morgan fingerprint density at radius 1 is 1.58 bits per heavy atom. The maximum atomic E-state index is 13.1. The van der Waals surface area contributed by atoms with E-state index in [1.54, 1.807) is 7.05 Å². The van der Waals surface area contributed by atoms with Crippen LogP contribution in [0.3, 0.4) is 0 Å². The largest absolute Gasteiger partial charge is 0.306 e. The van der Waals surface area contributed by atoms with E-state index in [0.29, 0.717) is 4.47 Å². The van der Waals surface area contributed by atoms with Crippen molar-refractivity contribution in [1.29, 1.82) is 5.26 Å². The van der Waals surface area contributed by atoms with Crippen LogP contribution in [0.1, 0.15) is 15.9 Å². The molecule has 1 N–H and O–H groups in total. The summed E-state index contributed by atoms with van der Waals surface area (Å²) in [5.74, 6) is -0.769. The molecule has 0 fully saturated rings. The molecule has 1 heterocycles. The lowest BCUT2D eigenvalue weighted by molar-refractivity contribution is 0.102. The zero-order valence-corrected chi connectivity index (χ0v) is 11.4. The van der Waals surface area contributed by atoms with E-state index < -0.39 is 11.7 Å². The fourth-order valence-electron chi connectivity index (χ4n) is 1.51. The van der Waals surface area contributed by atoms with Crippen molar-refractivity contribution >= 4 is 27.7 Å². The lowest BCUT2D eigenvalue weighted by Crippen LogP contribution is -2.16. The summed E-state index contributed by atoms with van der Waals surface area (Å²) in [5.41, 5.74) is 0.383. The molecule has 0 radical (unpaired) electrons. The first-order valence-corrected chi connectivity index (χ1v) is 6.00. The number of nitriles is 1. The minimum Gasteiger partial charge on any atom is -0.306 e. The van der Waals surface area contributed by atoms with Gasteiger partial charge < -0.3 is 5.32 Å². The summed E-state index contributed by atoms with van der Waals surface area (Å²) in [6.07, 6.45) is 1.34. The van der Waals surface area contributed by atoms with E-state index in [0.717, 1.165) is 6.07 Å². The second-order valence-corrected chi connectivity index (χ2v) is 4.57. The van der Waals surface area contributed by atoms with Crippen molar-refractivity contribution in [3.05, 3.63) is 45.8 Å². The van der Waals surface area contributed by atoms with Crippen molar-refractivity contribution in [3.8, 4) is 6.07 Å². The average molecular weight is 323 g/mol. The number of amides is 1. The number of aryl methyl sites for hydroxylation is 1. The quantitative estimate of drug-likeness (QED) is 0.923. The number of hydrogen-bond donors (Lipinski definition) is 1. The molecule has 0 saturated heterocycles. The molecule has 0 saturated carbocycles. The lowest BCUT2D eigenvalue weighted by atomic mass is 10.2. The Hall–Kier alpha value is -2.20. The van der Waals surface area contributed by atoms with E-state index >= 15 is 0 Å². The van der Waals surface area contributed by atoms with Crippen LogP contribution in [0.5, 0.6) is 0 Å². The van der Waals surface area contributed by atoms with E-state index in [1.807, 2.05) is 6.07 Å². The van der Waals surface area contributed by atoms with E-state index in [1.165, 1.54) is 23.0 Å². The highest BCUT2D eigenvalue weighted by molar-refractivity contribution is 9.10. The van der Waals surface area contributed by atoms with Gasteiger partial charge in [0, 0.05) is 11.5 Å². The van der Waals surface area contributed by atoms with Crippen LogP contribution in [0.25, 0.3) is 0 Å². The standard InChI is InChI=1S/C12H8BrFN4O/c1-18-11(7(5-15)6-16-18)17-12(19)9-4-8(14)2-3-10(9)13/h2-4,6H,1H3,(H,17,19). The first-order chi connectivity index (χ1) is 9.02. The van der Waals surface area contributed by atoms with E-state index in [9.17, 15) is 9.18 Å². The summed E-state index contributed by atoms with van der Waals surface area (Å²) in [4.78, 5) is 12.0. The highest BCUT2D eigenvalue weighted by Crippen LogP contribution is 2.20. The fraction of sp³-hybridized carbons (Fsp3) is 0.0833.